The molecule has 5 nitrogen and oxygen atoms in total. The molecule has 0 aliphatic carbocycles. The molecule has 1 aliphatic rings. The molecule has 3 rings (SSSR count). The number of nitrogens with zero attached hydrogens (tertiary/aromatic N) is 3. The highest BCUT2D eigenvalue weighted by molar-refractivity contribution is 7.09. The average molecular weight is 291 g/mol. The molecule has 1 saturated heterocycles. The molecule has 0 radical (unpaired) electrons. The molecular weight excluding hydrogens is 270 g/mol. The number of thiophene rings is 1. The topological polar surface area (TPSA) is 56.8 Å². The zero-order valence-corrected chi connectivity index (χ0v) is 12.6. The van der Waals surface area contributed by atoms with Gasteiger partial charge in [0, 0.05) is 24.4 Å². The Morgan fingerprint density at radius 2 is 2.50 bits per heavy atom. The highest BCUT2D eigenvalue weighted by Gasteiger charge is 2.22. The fourth-order valence-corrected chi connectivity index (χ4v) is 3.50. The van der Waals surface area contributed by atoms with Crippen LogP contribution in [0.15, 0.2) is 17.5 Å². The summed E-state index contributed by atoms with van der Waals surface area (Å²) in [6.45, 7) is 3.19. The molecule has 0 saturated carbocycles. The fraction of sp³-hybridized carbons (Fsp3) is 0.571. The summed E-state index contributed by atoms with van der Waals surface area (Å²) in [4.78, 5) is 8.27. The Morgan fingerprint density at radius 1 is 1.55 bits per heavy atom. The van der Waals surface area contributed by atoms with Gasteiger partial charge in [0.25, 0.3) is 0 Å². The Morgan fingerprint density at radius 3 is 3.30 bits per heavy atom. The molecule has 20 heavy (non-hydrogen) atoms. The normalized spacial score (nSPS) is 19.4. The van der Waals surface area contributed by atoms with Gasteiger partial charge in [-0.25, -0.2) is 0 Å². The molecule has 2 N–H and O–H groups in total. The van der Waals surface area contributed by atoms with Gasteiger partial charge in [0.2, 0.25) is 5.95 Å². The van der Waals surface area contributed by atoms with E-state index in [0.717, 1.165) is 37.8 Å². The van der Waals surface area contributed by atoms with Crippen LogP contribution in [0.5, 0.6) is 0 Å². The lowest BCUT2D eigenvalue weighted by Crippen LogP contribution is -2.39. The first-order valence-electron chi connectivity index (χ1n) is 7.18. The molecule has 2 aromatic heterocycles. The third-order valence-electron chi connectivity index (χ3n) is 3.74. The summed E-state index contributed by atoms with van der Waals surface area (Å²) in [5.74, 6) is 2.52. The SMILES string of the molecule is CNCC1CCCN(c2n[nH]c(Cc3cccs3)n2)C1. The zero-order valence-electron chi connectivity index (χ0n) is 11.8. The van der Waals surface area contributed by atoms with Gasteiger partial charge in [0.1, 0.15) is 5.82 Å². The van der Waals surface area contributed by atoms with Crippen molar-refractivity contribution in [1.82, 2.24) is 20.5 Å². The van der Waals surface area contributed by atoms with Crippen LogP contribution in [0.1, 0.15) is 23.5 Å². The Bertz CT molecular complexity index is 519. The van der Waals surface area contributed by atoms with Crippen molar-refractivity contribution in [2.45, 2.75) is 19.3 Å². The predicted octanol–water partition coefficient (Wildman–Crippen LogP) is 1.89. The van der Waals surface area contributed by atoms with Gasteiger partial charge in [-0.1, -0.05) is 6.07 Å². The molecule has 1 fully saturated rings. The number of aromatic nitrogens is 3. The first-order valence-corrected chi connectivity index (χ1v) is 8.06. The van der Waals surface area contributed by atoms with E-state index in [1.54, 1.807) is 11.3 Å². The third-order valence-corrected chi connectivity index (χ3v) is 4.61. The van der Waals surface area contributed by atoms with Gasteiger partial charge in [-0.2, -0.15) is 4.98 Å². The highest BCUT2D eigenvalue weighted by atomic mass is 32.1. The summed E-state index contributed by atoms with van der Waals surface area (Å²) < 4.78 is 0. The molecule has 0 aromatic carbocycles. The molecule has 108 valence electrons. The lowest BCUT2D eigenvalue weighted by Gasteiger charge is -2.31. The number of rotatable bonds is 5. The number of hydrogen-bond acceptors (Lipinski definition) is 5. The van der Waals surface area contributed by atoms with Crippen molar-refractivity contribution >= 4 is 17.3 Å². The van der Waals surface area contributed by atoms with Gasteiger partial charge >= 0.3 is 0 Å². The van der Waals surface area contributed by atoms with Crippen LogP contribution in [0.25, 0.3) is 0 Å². The largest absolute Gasteiger partial charge is 0.339 e. The standard InChI is InChI=1S/C14H21N5S/c1-15-9-11-4-2-6-19(10-11)14-16-13(17-18-14)8-12-5-3-7-20-12/h3,5,7,11,15H,2,4,6,8-10H2,1H3,(H,16,17,18). The van der Waals surface area contributed by atoms with Gasteiger partial charge in [-0.15, -0.1) is 16.4 Å². The van der Waals surface area contributed by atoms with Gasteiger partial charge in [0.05, 0.1) is 0 Å². The summed E-state index contributed by atoms with van der Waals surface area (Å²) in [7, 11) is 2.02. The van der Waals surface area contributed by atoms with Crippen molar-refractivity contribution in [1.29, 1.82) is 0 Å². The van der Waals surface area contributed by atoms with Crippen LogP contribution in [0.4, 0.5) is 5.95 Å². The summed E-state index contributed by atoms with van der Waals surface area (Å²) in [5, 5.41) is 12.8. The van der Waals surface area contributed by atoms with E-state index in [2.05, 4.69) is 42.9 Å². The van der Waals surface area contributed by atoms with Crippen LogP contribution in [0.2, 0.25) is 0 Å². The van der Waals surface area contributed by atoms with Crippen LogP contribution in [-0.4, -0.2) is 41.9 Å². The van der Waals surface area contributed by atoms with E-state index in [4.69, 9.17) is 0 Å². The molecule has 1 atom stereocenters. The van der Waals surface area contributed by atoms with Crippen molar-refractivity contribution in [2.24, 2.45) is 5.92 Å². The van der Waals surface area contributed by atoms with Crippen LogP contribution in [0.3, 0.4) is 0 Å². The van der Waals surface area contributed by atoms with Crippen LogP contribution >= 0.6 is 11.3 Å². The fourth-order valence-electron chi connectivity index (χ4n) is 2.79. The Balaban J connectivity index is 1.63. The number of H-pyrrole nitrogens is 1. The second-order valence-electron chi connectivity index (χ2n) is 5.35. The predicted molar refractivity (Wildman–Crippen MR) is 82.4 cm³/mol. The first-order chi connectivity index (χ1) is 9.85. The lowest BCUT2D eigenvalue weighted by atomic mass is 9.98. The van der Waals surface area contributed by atoms with Crippen molar-refractivity contribution in [3.05, 3.63) is 28.2 Å². The quantitative estimate of drug-likeness (QED) is 0.883. The minimum atomic E-state index is 0.702. The number of nitrogens with one attached hydrogen (secondary N) is 2. The van der Waals surface area contributed by atoms with E-state index in [0.29, 0.717) is 5.92 Å². The number of hydrogen-bond donors (Lipinski definition) is 2. The smallest absolute Gasteiger partial charge is 0.244 e. The van der Waals surface area contributed by atoms with E-state index in [9.17, 15) is 0 Å². The van der Waals surface area contributed by atoms with E-state index >= 15 is 0 Å². The summed E-state index contributed by atoms with van der Waals surface area (Å²) in [5.41, 5.74) is 0. The maximum Gasteiger partial charge on any atom is 0.244 e. The summed E-state index contributed by atoms with van der Waals surface area (Å²) >= 11 is 1.76. The second-order valence-corrected chi connectivity index (χ2v) is 6.38. The molecule has 1 unspecified atom stereocenters. The minimum Gasteiger partial charge on any atom is -0.339 e. The molecule has 6 heteroatoms. The van der Waals surface area contributed by atoms with Gasteiger partial charge < -0.3 is 10.2 Å². The van der Waals surface area contributed by atoms with Crippen molar-refractivity contribution < 1.29 is 0 Å². The van der Waals surface area contributed by atoms with Gasteiger partial charge in [0.15, 0.2) is 0 Å². The van der Waals surface area contributed by atoms with E-state index in [1.807, 2.05) is 7.05 Å². The summed E-state index contributed by atoms with van der Waals surface area (Å²) in [6, 6.07) is 4.21. The zero-order chi connectivity index (χ0) is 13.8. The van der Waals surface area contributed by atoms with E-state index in [-0.39, 0.29) is 0 Å². The van der Waals surface area contributed by atoms with Crippen molar-refractivity contribution in [2.75, 3.05) is 31.6 Å². The molecule has 3 heterocycles. The maximum atomic E-state index is 4.65. The Hall–Kier alpha value is -1.40. The number of aromatic amines is 1. The third kappa shape index (κ3) is 3.19. The Labute approximate surface area is 123 Å². The molecule has 2 aromatic rings. The highest BCUT2D eigenvalue weighted by Crippen LogP contribution is 2.20. The van der Waals surface area contributed by atoms with E-state index in [1.165, 1.54) is 17.7 Å². The summed E-state index contributed by atoms with van der Waals surface area (Å²) in [6.07, 6.45) is 3.36. The van der Waals surface area contributed by atoms with E-state index < -0.39 is 0 Å². The van der Waals surface area contributed by atoms with Crippen LogP contribution < -0.4 is 10.2 Å². The molecular formula is C14H21N5S. The molecule has 0 bridgehead atoms. The molecule has 0 amide bonds. The van der Waals surface area contributed by atoms with Crippen LogP contribution in [0, 0.1) is 5.92 Å². The second kappa shape index (κ2) is 6.37. The van der Waals surface area contributed by atoms with Crippen molar-refractivity contribution in [3.63, 3.8) is 0 Å². The maximum absolute atomic E-state index is 4.65. The monoisotopic (exact) mass is 291 g/mol. The number of anilines is 1. The average Bonchev–Trinajstić information content (AvgIpc) is 3.12. The van der Waals surface area contributed by atoms with Gasteiger partial charge in [-0.3, -0.25) is 5.10 Å². The van der Waals surface area contributed by atoms with Gasteiger partial charge in [-0.05, 0) is 43.8 Å². The Kier molecular flexibility index (Phi) is 4.32. The van der Waals surface area contributed by atoms with Crippen molar-refractivity contribution in [3.8, 4) is 0 Å². The molecule has 1 aliphatic heterocycles. The first kappa shape index (κ1) is 13.6. The number of piperidine rings is 1. The minimum absolute atomic E-state index is 0.702. The molecule has 0 spiro atoms. The van der Waals surface area contributed by atoms with Crippen LogP contribution in [-0.2, 0) is 6.42 Å². The lowest BCUT2D eigenvalue weighted by molar-refractivity contribution is 0.399.